The van der Waals surface area contributed by atoms with Gasteiger partial charge >= 0.3 is 6.03 Å². The van der Waals surface area contributed by atoms with E-state index in [1.165, 1.54) is 0 Å². The molecule has 20 heavy (non-hydrogen) atoms. The third kappa shape index (κ3) is 3.84. The van der Waals surface area contributed by atoms with Crippen molar-refractivity contribution in [2.75, 3.05) is 52.5 Å². The number of nitrogens with zero attached hydrogens (tertiary/aromatic N) is 2. The van der Waals surface area contributed by atoms with Crippen molar-refractivity contribution in [1.29, 1.82) is 0 Å². The van der Waals surface area contributed by atoms with Crippen LogP contribution in [0.5, 0.6) is 0 Å². The summed E-state index contributed by atoms with van der Waals surface area (Å²) >= 11 is 0. The maximum Gasteiger partial charge on any atom is 0.317 e. The second-order valence-electron chi connectivity index (χ2n) is 6.37. The number of likely N-dealkylation sites (tertiary alicyclic amines) is 1. The molecule has 0 radical (unpaired) electrons. The van der Waals surface area contributed by atoms with E-state index in [0.29, 0.717) is 13.1 Å². The van der Waals surface area contributed by atoms with Crippen molar-refractivity contribution in [2.24, 2.45) is 5.92 Å². The Kier molecular flexibility index (Phi) is 5.23. The number of ether oxygens (including phenoxy) is 1. The molecular formula is C14H27N3O3. The van der Waals surface area contributed by atoms with Crippen molar-refractivity contribution in [2.45, 2.75) is 25.8 Å². The second kappa shape index (κ2) is 6.74. The summed E-state index contributed by atoms with van der Waals surface area (Å²) in [5.41, 5.74) is 0.0403. The first kappa shape index (κ1) is 15.5. The fourth-order valence-corrected chi connectivity index (χ4v) is 2.88. The first-order chi connectivity index (χ1) is 9.53. The Hall–Kier alpha value is -0.850. The number of aliphatic hydroxyl groups is 1. The molecule has 2 aliphatic heterocycles. The van der Waals surface area contributed by atoms with Gasteiger partial charge in [-0.2, -0.15) is 0 Å². The van der Waals surface area contributed by atoms with E-state index in [4.69, 9.17) is 9.84 Å². The minimum Gasteiger partial charge on any atom is -0.396 e. The first-order valence-electron chi connectivity index (χ1n) is 7.49. The highest BCUT2D eigenvalue weighted by atomic mass is 16.5. The zero-order chi connectivity index (χ0) is 14.6. The minimum absolute atomic E-state index is 0.00739. The summed E-state index contributed by atoms with van der Waals surface area (Å²) in [6.45, 7) is 9.85. The molecular weight excluding hydrogens is 258 g/mol. The number of carbonyl (C=O) groups excluding carboxylic acids is 1. The molecule has 2 N–H and O–H groups in total. The zero-order valence-corrected chi connectivity index (χ0v) is 12.6. The van der Waals surface area contributed by atoms with E-state index in [9.17, 15) is 4.79 Å². The van der Waals surface area contributed by atoms with Crippen molar-refractivity contribution >= 4 is 6.03 Å². The lowest BCUT2D eigenvalue weighted by atomic mass is 10.0. The molecule has 0 aromatic heterocycles. The van der Waals surface area contributed by atoms with Gasteiger partial charge in [-0.1, -0.05) is 0 Å². The average Bonchev–Trinajstić information content (AvgIpc) is 2.89. The van der Waals surface area contributed by atoms with Gasteiger partial charge in [-0.3, -0.25) is 4.90 Å². The normalized spacial score (nSPS) is 26.8. The predicted molar refractivity (Wildman–Crippen MR) is 76.6 cm³/mol. The van der Waals surface area contributed by atoms with Crippen LogP contribution >= 0.6 is 0 Å². The minimum atomic E-state index is -0.00739. The number of aliphatic hydroxyl groups excluding tert-OH is 1. The molecule has 6 heteroatoms. The van der Waals surface area contributed by atoms with Gasteiger partial charge in [-0.25, -0.2) is 4.79 Å². The number of rotatable bonds is 4. The van der Waals surface area contributed by atoms with E-state index >= 15 is 0 Å². The van der Waals surface area contributed by atoms with Crippen molar-refractivity contribution in [3.8, 4) is 0 Å². The lowest BCUT2D eigenvalue weighted by Crippen LogP contribution is -2.55. The van der Waals surface area contributed by atoms with Crippen LogP contribution in [0.2, 0.25) is 0 Å². The molecule has 0 bridgehead atoms. The van der Waals surface area contributed by atoms with Crippen molar-refractivity contribution in [1.82, 2.24) is 15.1 Å². The standard InChI is InChI=1S/C14H27N3O3/c1-14(2)11-20-8-7-17(14)6-4-15-13(19)16-5-3-12(9-16)10-18/h12,18H,3-11H2,1-2H3,(H,15,19). The highest BCUT2D eigenvalue weighted by Crippen LogP contribution is 2.18. The van der Waals surface area contributed by atoms with Gasteiger partial charge in [0.25, 0.3) is 0 Å². The van der Waals surface area contributed by atoms with Gasteiger partial charge in [0.2, 0.25) is 0 Å². The molecule has 0 saturated carbocycles. The molecule has 1 unspecified atom stereocenters. The van der Waals surface area contributed by atoms with E-state index in [1.807, 2.05) is 0 Å². The first-order valence-corrected chi connectivity index (χ1v) is 7.49. The Morgan fingerprint density at radius 2 is 2.25 bits per heavy atom. The van der Waals surface area contributed by atoms with Crippen LogP contribution in [-0.2, 0) is 4.74 Å². The van der Waals surface area contributed by atoms with E-state index < -0.39 is 0 Å². The van der Waals surface area contributed by atoms with E-state index in [2.05, 4.69) is 24.1 Å². The summed E-state index contributed by atoms with van der Waals surface area (Å²) in [5.74, 6) is 0.249. The summed E-state index contributed by atoms with van der Waals surface area (Å²) in [4.78, 5) is 16.2. The average molecular weight is 285 g/mol. The fraction of sp³-hybridized carbons (Fsp3) is 0.929. The molecule has 0 aromatic carbocycles. The summed E-state index contributed by atoms with van der Waals surface area (Å²) in [6, 6.07) is -0.00739. The molecule has 2 saturated heterocycles. The zero-order valence-electron chi connectivity index (χ0n) is 12.6. The summed E-state index contributed by atoms with van der Waals surface area (Å²) in [5, 5.41) is 12.1. The number of morpholine rings is 1. The molecule has 2 amide bonds. The lowest BCUT2D eigenvalue weighted by molar-refractivity contribution is -0.0498. The second-order valence-corrected chi connectivity index (χ2v) is 6.37. The van der Waals surface area contributed by atoms with E-state index in [1.54, 1.807) is 4.90 Å². The van der Waals surface area contributed by atoms with Gasteiger partial charge in [0.1, 0.15) is 0 Å². The van der Waals surface area contributed by atoms with Gasteiger partial charge in [0.05, 0.1) is 13.2 Å². The highest BCUT2D eigenvalue weighted by molar-refractivity contribution is 5.74. The maximum absolute atomic E-state index is 12.0. The quantitative estimate of drug-likeness (QED) is 0.770. The molecule has 2 rings (SSSR count). The van der Waals surface area contributed by atoms with Crippen LogP contribution in [0.3, 0.4) is 0 Å². The number of hydrogen-bond donors (Lipinski definition) is 2. The molecule has 6 nitrogen and oxygen atoms in total. The summed E-state index contributed by atoms with van der Waals surface area (Å²) < 4.78 is 5.49. The van der Waals surface area contributed by atoms with E-state index in [0.717, 1.165) is 39.3 Å². The largest absolute Gasteiger partial charge is 0.396 e. The van der Waals surface area contributed by atoms with Crippen molar-refractivity contribution in [3.63, 3.8) is 0 Å². The van der Waals surface area contributed by atoms with Gasteiger partial charge in [-0.15, -0.1) is 0 Å². The van der Waals surface area contributed by atoms with Crippen LogP contribution < -0.4 is 5.32 Å². The summed E-state index contributed by atoms with van der Waals surface area (Å²) in [6.07, 6.45) is 0.903. The molecule has 2 fully saturated rings. The van der Waals surface area contributed by atoms with Crippen LogP contribution in [0, 0.1) is 5.92 Å². The van der Waals surface area contributed by atoms with Crippen molar-refractivity contribution in [3.05, 3.63) is 0 Å². The fourth-order valence-electron chi connectivity index (χ4n) is 2.88. The number of hydrogen-bond acceptors (Lipinski definition) is 4. The van der Waals surface area contributed by atoms with Gasteiger partial charge < -0.3 is 20.1 Å². The van der Waals surface area contributed by atoms with Gasteiger partial charge in [0, 0.05) is 50.8 Å². The number of amides is 2. The maximum atomic E-state index is 12.0. The highest BCUT2D eigenvalue weighted by Gasteiger charge is 2.30. The molecule has 1 atom stereocenters. The monoisotopic (exact) mass is 285 g/mol. The topological polar surface area (TPSA) is 65.0 Å². The number of carbonyl (C=O) groups is 1. The van der Waals surface area contributed by atoms with E-state index in [-0.39, 0.29) is 24.1 Å². The van der Waals surface area contributed by atoms with Crippen LogP contribution in [-0.4, -0.2) is 79.0 Å². The third-order valence-electron chi connectivity index (χ3n) is 4.31. The SMILES string of the molecule is CC1(C)COCCN1CCNC(=O)N1CCC(CO)C1. The Bertz CT molecular complexity index is 336. The van der Waals surface area contributed by atoms with Crippen LogP contribution in [0.4, 0.5) is 4.79 Å². The van der Waals surface area contributed by atoms with Gasteiger partial charge in [0.15, 0.2) is 0 Å². The van der Waals surface area contributed by atoms with Crippen LogP contribution in [0.1, 0.15) is 20.3 Å². The van der Waals surface area contributed by atoms with Gasteiger partial charge in [-0.05, 0) is 20.3 Å². The Labute approximate surface area is 121 Å². The van der Waals surface area contributed by atoms with Crippen LogP contribution in [0.25, 0.3) is 0 Å². The summed E-state index contributed by atoms with van der Waals surface area (Å²) in [7, 11) is 0. The molecule has 0 aliphatic carbocycles. The third-order valence-corrected chi connectivity index (χ3v) is 4.31. The predicted octanol–water partition coefficient (Wildman–Crippen LogP) is 0.121. The lowest BCUT2D eigenvalue weighted by Gasteiger charge is -2.42. The Morgan fingerprint density at radius 1 is 1.45 bits per heavy atom. The van der Waals surface area contributed by atoms with Crippen molar-refractivity contribution < 1.29 is 14.6 Å². The number of urea groups is 1. The molecule has 2 aliphatic rings. The molecule has 116 valence electrons. The molecule has 2 heterocycles. The Balaban J connectivity index is 1.69. The Morgan fingerprint density at radius 3 is 2.90 bits per heavy atom. The number of nitrogens with one attached hydrogen (secondary N) is 1. The smallest absolute Gasteiger partial charge is 0.317 e. The molecule has 0 spiro atoms. The molecule has 0 aromatic rings. The van der Waals surface area contributed by atoms with Crippen LogP contribution in [0.15, 0.2) is 0 Å².